The molecule has 0 aliphatic heterocycles. The molecule has 0 heterocycles. The Morgan fingerprint density at radius 1 is 1.53 bits per heavy atom. The SMILES string of the molecule is N#CCC(=O)COCc1cccc(Br)c1. The van der Waals surface area contributed by atoms with Gasteiger partial charge in [0, 0.05) is 4.47 Å². The Kier molecular flexibility index (Phi) is 5.02. The molecule has 0 aliphatic carbocycles. The van der Waals surface area contributed by atoms with Gasteiger partial charge < -0.3 is 4.74 Å². The molecule has 0 fully saturated rings. The van der Waals surface area contributed by atoms with Crippen molar-refractivity contribution in [2.75, 3.05) is 6.61 Å². The summed E-state index contributed by atoms with van der Waals surface area (Å²) in [7, 11) is 0. The van der Waals surface area contributed by atoms with Gasteiger partial charge >= 0.3 is 0 Å². The maximum atomic E-state index is 10.9. The fraction of sp³-hybridized carbons (Fsp3) is 0.273. The molecule has 3 nitrogen and oxygen atoms in total. The summed E-state index contributed by atoms with van der Waals surface area (Å²) in [5.74, 6) is -0.188. The molecule has 0 saturated heterocycles. The van der Waals surface area contributed by atoms with E-state index in [0.717, 1.165) is 10.0 Å². The number of ether oxygens (including phenoxy) is 1. The highest BCUT2D eigenvalue weighted by atomic mass is 79.9. The maximum absolute atomic E-state index is 10.9. The number of carbonyl (C=O) groups is 1. The molecule has 0 N–H and O–H groups in total. The predicted molar refractivity (Wildman–Crippen MR) is 59.0 cm³/mol. The Morgan fingerprint density at radius 2 is 2.33 bits per heavy atom. The zero-order valence-corrected chi connectivity index (χ0v) is 9.66. The van der Waals surface area contributed by atoms with E-state index in [4.69, 9.17) is 10.00 Å². The second-order valence-electron chi connectivity index (χ2n) is 3.00. The van der Waals surface area contributed by atoms with E-state index in [1.165, 1.54) is 0 Å². The molecule has 0 aromatic heterocycles. The summed E-state index contributed by atoms with van der Waals surface area (Å²) in [6, 6.07) is 9.45. The van der Waals surface area contributed by atoms with Crippen LogP contribution >= 0.6 is 15.9 Å². The Balaban J connectivity index is 2.32. The summed E-state index contributed by atoms with van der Waals surface area (Å²) >= 11 is 3.34. The van der Waals surface area contributed by atoms with E-state index in [-0.39, 0.29) is 18.8 Å². The summed E-state index contributed by atoms with van der Waals surface area (Å²) in [6.45, 7) is 0.386. The van der Waals surface area contributed by atoms with Crippen LogP contribution in [0.4, 0.5) is 0 Å². The van der Waals surface area contributed by atoms with E-state index >= 15 is 0 Å². The first kappa shape index (κ1) is 11.9. The van der Waals surface area contributed by atoms with Gasteiger partial charge in [-0.3, -0.25) is 4.79 Å². The topological polar surface area (TPSA) is 50.1 Å². The molecule has 1 aromatic rings. The van der Waals surface area contributed by atoms with Gasteiger partial charge in [0.1, 0.15) is 6.61 Å². The molecule has 1 rings (SSSR count). The molecule has 0 saturated carbocycles. The predicted octanol–water partition coefficient (Wildman–Crippen LogP) is 2.45. The molecule has 78 valence electrons. The van der Waals surface area contributed by atoms with Crippen LogP contribution in [0.1, 0.15) is 12.0 Å². The van der Waals surface area contributed by atoms with E-state index in [1.54, 1.807) is 6.07 Å². The van der Waals surface area contributed by atoms with Gasteiger partial charge in [-0.15, -0.1) is 0 Å². The van der Waals surface area contributed by atoms with Gasteiger partial charge in [0.25, 0.3) is 0 Å². The van der Waals surface area contributed by atoms with Crippen molar-refractivity contribution in [2.45, 2.75) is 13.0 Å². The number of carbonyl (C=O) groups excluding carboxylic acids is 1. The lowest BCUT2D eigenvalue weighted by molar-refractivity contribution is -0.123. The van der Waals surface area contributed by atoms with Crippen LogP contribution in [0.3, 0.4) is 0 Å². The van der Waals surface area contributed by atoms with E-state index in [2.05, 4.69) is 15.9 Å². The third-order valence-corrected chi connectivity index (χ3v) is 2.19. The lowest BCUT2D eigenvalue weighted by Gasteiger charge is -2.02. The molecule has 0 unspecified atom stereocenters. The number of Topliss-reactive ketones (excluding diaryl/α,β-unsaturated/α-hetero) is 1. The van der Waals surface area contributed by atoms with Gasteiger partial charge in [-0.1, -0.05) is 28.1 Å². The average molecular weight is 268 g/mol. The lowest BCUT2D eigenvalue weighted by Crippen LogP contribution is -2.07. The first-order chi connectivity index (χ1) is 7.22. The van der Waals surface area contributed by atoms with Crippen LogP contribution in [0.15, 0.2) is 28.7 Å². The number of rotatable bonds is 5. The highest BCUT2D eigenvalue weighted by Crippen LogP contribution is 2.12. The Labute approximate surface area is 96.8 Å². The highest BCUT2D eigenvalue weighted by molar-refractivity contribution is 9.10. The summed E-state index contributed by atoms with van der Waals surface area (Å²) in [6.07, 6.45) is -0.0848. The minimum absolute atomic E-state index is 0.0000728. The van der Waals surface area contributed by atoms with Crippen molar-refractivity contribution >= 4 is 21.7 Å². The van der Waals surface area contributed by atoms with Crippen LogP contribution in [0.2, 0.25) is 0 Å². The van der Waals surface area contributed by atoms with Crippen LogP contribution in [0, 0.1) is 11.3 Å². The number of nitrogens with zero attached hydrogens (tertiary/aromatic N) is 1. The summed E-state index contributed by atoms with van der Waals surface area (Å²) in [5, 5.41) is 8.26. The Hall–Kier alpha value is -1.18. The fourth-order valence-electron chi connectivity index (χ4n) is 1.05. The van der Waals surface area contributed by atoms with Crippen molar-refractivity contribution in [3.63, 3.8) is 0 Å². The molecule has 0 amide bonds. The largest absolute Gasteiger partial charge is 0.369 e. The van der Waals surface area contributed by atoms with Crippen LogP contribution in [-0.2, 0) is 16.1 Å². The van der Waals surface area contributed by atoms with Gasteiger partial charge in [0.15, 0.2) is 5.78 Å². The number of hydrogen-bond donors (Lipinski definition) is 0. The third-order valence-electron chi connectivity index (χ3n) is 1.70. The van der Waals surface area contributed by atoms with Crippen LogP contribution < -0.4 is 0 Å². The van der Waals surface area contributed by atoms with Crippen LogP contribution in [0.25, 0.3) is 0 Å². The highest BCUT2D eigenvalue weighted by Gasteiger charge is 2.01. The summed E-state index contributed by atoms with van der Waals surface area (Å²) in [5.41, 5.74) is 0.995. The van der Waals surface area contributed by atoms with Crippen LogP contribution in [0.5, 0.6) is 0 Å². The van der Waals surface area contributed by atoms with Gasteiger partial charge in [-0.05, 0) is 17.7 Å². The molecule has 0 atom stereocenters. The van der Waals surface area contributed by atoms with Gasteiger partial charge in [-0.25, -0.2) is 0 Å². The first-order valence-corrected chi connectivity index (χ1v) is 5.22. The Morgan fingerprint density at radius 3 is 3.00 bits per heavy atom. The van der Waals surface area contributed by atoms with E-state index in [0.29, 0.717) is 6.61 Å². The average Bonchev–Trinajstić information content (AvgIpc) is 2.18. The summed E-state index contributed by atoms with van der Waals surface area (Å²) in [4.78, 5) is 10.9. The fourth-order valence-corrected chi connectivity index (χ4v) is 1.50. The number of benzene rings is 1. The second-order valence-corrected chi connectivity index (χ2v) is 3.91. The van der Waals surface area contributed by atoms with Crippen molar-refractivity contribution in [2.24, 2.45) is 0 Å². The van der Waals surface area contributed by atoms with Crippen molar-refractivity contribution in [3.8, 4) is 6.07 Å². The van der Waals surface area contributed by atoms with Crippen molar-refractivity contribution < 1.29 is 9.53 Å². The van der Waals surface area contributed by atoms with Crippen molar-refractivity contribution in [3.05, 3.63) is 34.3 Å². The standard InChI is InChI=1S/C11H10BrNO2/c12-10-3-1-2-9(6-10)7-15-8-11(14)4-5-13/h1-3,6H,4,7-8H2. The Bertz CT molecular complexity index is 384. The van der Waals surface area contributed by atoms with Crippen molar-refractivity contribution in [1.82, 2.24) is 0 Å². The number of halogens is 1. The number of hydrogen-bond acceptors (Lipinski definition) is 3. The molecular formula is C11H10BrNO2. The quantitative estimate of drug-likeness (QED) is 0.824. The molecule has 4 heteroatoms. The van der Waals surface area contributed by atoms with Gasteiger partial charge in [0.05, 0.1) is 19.1 Å². The summed E-state index contributed by atoms with van der Waals surface area (Å²) < 4.78 is 6.15. The number of nitriles is 1. The van der Waals surface area contributed by atoms with Gasteiger partial charge in [0.2, 0.25) is 0 Å². The molecule has 0 aliphatic rings. The van der Waals surface area contributed by atoms with E-state index < -0.39 is 0 Å². The molecule has 0 bridgehead atoms. The van der Waals surface area contributed by atoms with E-state index in [9.17, 15) is 4.79 Å². The smallest absolute Gasteiger partial charge is 0.172 e. The zero-order valence-electron chi connectivity index (χ0n) is 8.07. The van der Waals surface area contributed by atoms with Gasteiger partial charge in [-0.2, -0.15) is 5.26 Å². The first-order valence-electron chi connectivity index (χ1n) is 4.43. The van der Waals surface area contributed by atoms with E-state index in [1.807, 2.05) is 24.3 Å². The number of ketones is 1. The van der Waals surface area contributed by atoms with Crippen LogP contribution in [-0.4, -0.2) is 12.4 Å². The molecule has 0 radical (unpaired) electrons. The third kappa shape index (κ3) is 4.73. The minimum Gasteiger partial charge on any atom is -0.369 e. The molecule has 1 aromatic carbocycles. The molecular weight excluding hydrogens is 258 g/mol. The lowest BCUT2D eigenvalue weighted by atomic mass is 10.2. The second kappa shape index (κ2) is 6.33. The molecule has 15 heavy (non-hydrogen) atoms. The monoisotopic (exact) mass is 267 g/mol. The maximum Gasteiger partial charge on any atom is 0.172 e. The normalized spacial score (nSPS) is 9.60. The minimum atomic E-state index is -0.188. The van der Waals surface area contributed by atoms with Crippen molar-refractivity contribution in [1.29, 1.82) is 5.26 Å². The zero-order chi connectivity index (χ0) is 11.1. The molecule has 0 spiro atoms.